The lowest BCUT2D eigenvalue weighted by Gasteiger charge is -2.22. The molecule has 1 fully saturated rings. The lowest BCUT2D eigenvalue weighted by molar-refractivity contribution is 0.0815. The number of hydrogen-bond acceptors (Lipinski definition) is 5. The molecule has 1 atom stereocenters. The second-order valence-corrected chi connectivity index (χ2v) is 7.08. The number of nitrogens with zero attached hydrogens (tertiary/aromatic N) is 4. The number of aryl methyl sites for hydroxylation is 1. The first-order valence-corrected chi connectivity index (χ1v) is 9.05. The molecule has 0 aliphatic carbocycles. The van der Waals surface area contributed by atoms with E-state index < -0.39 is 0 Å². The van der Waals surface area contributed by atoms with E-state index in [0.29, 0.717) is 6.04 Å². The van der Waals surface area contributed by atoms with E-state index in [2.05, 4.69) is 44.5 Å². The molecule has 0 radical (unpaired) electrons. The maximum absolute atomic E-state index is 12.3. The van der Waals surface area contributed by atoms with Crippen LogP contribution in [0.2, 0.25) is 0 Å². The first kappa shape index (κ1) is 18.3. The number of benzene rings is 1. The molecule has 0 unspecified atom stereocenters. The fourth-order valence-electron chi connectivity index (χ4n) is 3.19. The second kappa shape index (κ2) is 7.83. The van der Waals surface area contributed by atoms with Crippen LogP contribution in [0.3, 0.4) is 0 Å². The lowest BCUT2D eigenvalue weighted by Crippen LogP contribution is -2.33. The Hall–Kier alpha value is -2.47. The second-order valence-electron chi connectivity index (χ2n) is 7.08. The number of carbonyl (C=O) groups excluding carboxylic acids is 1. The third-order valence-electron chi connectivity index (χ3n) is 4.89. The van der Waals surface area contributed by atoms with E-state index in [4.69, 9.17) is 0 Å². The molecule has 26 heavy (non-hydrogen) atoms. The number of nitrogens with one attached hydrogen (secondary N) is 1. The Kier molecular flexibility index (Phi) is 5.52. The molecule has 1 aromatic carbocycles. The Balaban J connectivity index is 1.70. The van der Waals surface area contributed by atoms with Crippen molar-refractivity contribution in [1.29, 1.82) is 0 Å². The Morgan fingerprint density at radius 2 is 1.96 bits per heavy atom. The average Bonchev–Trinajstić information content (AvgIpc) is 3.11. The Morgan fingerprint density at radius 1 is 1.23 bits per heavy atom. The van der Waals surface area contributed by atoms with Crippen molar-refractivity contribution in [3.05, 3.63) is 53.0 Å². The maximum atomic E-state index is 12.3. The predicted molar refractivity (Wildman–Crippen MR) is 103 cm³/mol. The van der Waals surface area contributed by atoms with Gasteiger partial charge in [-0.15, -0.1) is 0 Å². The van der Waals surface area contributed by atoms with Crippen LogP contribution in [-0.2, 0) is 6.54 Å². The Morgan fingerprint density at radius 3 is 2.65 bits per heavy atom. The van der Waals surface area contributed by atoms with Gasteiger partial charge in [-0.3, -0.25) is 4.79 Å². The van der Waals surface area contributed by atoms with Gasteiger partial charge in [0.15, 0.2) is 0 Å². The fraction of sp³-hybridized carbons (Fsp3) is 0.450. The first-order chi connectivity index (χ1) is 12.5. The summed E-state index contributed by atoms with van der Waals surface area (Å²) in [5.74, 6) is 0.993. The molecule has 1 N–H and O–H groups in total. The molecule has 1 aromatic heterocycles. The summed E-state index contributed by atoms with van der Waals surface area (Å²) in [4.78, 5) is 25.0. The minimum absolute atomic E-state index is 0.160. The number of anilines is 1. The van der Waals surface area contributed by atoms with E-state index in [0.717, 1.165) is 43.1 Å². The fourth-order valence-corrected chi connectivity index (χ4v) is 3.19. The highest BCUT2D eigenvalue weighted by Crippen LogP contribution is 2.24. The van der Waals surface area contributed by atoms with Gasteiger partial charge < -0.3 is 15.1 Å². The molecule has 1 amide bonds. The quantitative estimate of drug-likeness (QED) is 0.893. The van der Waals surface area contributed by atoms with Crippen molar-refractivity contribution in [2.75, 3.05) is 32.1 Å². The van der Waals surface area contributed by atoms with Gasteiger partial charge in [-0.2, -0.15) is 0 Å². The third kappa shape index (κ3) is 4.02. The van der Waals surface area contributed by atoms with Crippen molar-refractivity contribution in [3.8, 4) is 0 Å². The van der Waals surface area contributed by atoms with Crippen LogP contribution in [0.4, 0.5) is 5.82 Å². The zero-order valence-electron chi connectivity index (χ0n) is 16.0. The van der Waals surface area contributed by atoms with Gasteiger partial charge in [-0.25, -0.2) is 9.97 Å². The summed E-state index contributed by atoms with van der Waals surface area (Å²) >= 11 is 0. The van der Waals surface area contributed by atoms with E-state index in [1.807, 2.05) is 19.9 Å². The molecule has 0 bridgehead atoms. The maximum Gasteiger partial charge on any atom is 0.291 e. The van der Waals surface area contributed by atoms with Crippen LogP contribution in [0.1, 0.15) is 33.9 Å². The van der Waals surface area contributed by atoms with Crippen LogP contribution in [0.5, 0.6) is 0 Å². The van der Waals surface area contributed by atoms with Crippen molar-refractivity contribution in [3.63, 3.8) is 0 Å². The van der Waals surface area contributed by atoms with E-state index in [1.165, 1.54) is 10.5 Å². The van der Waals surface area contributed by atoms with Crippen LogP contribution in [0, 0.1) is 13.8 Å². The molecule has 1 aliphatic rings. The summed E-state index contributed by atoms with van der Waals surface area (Å²) in [7, 11) is 3.44. The summed E-state index contributed by atoms with van der Waals surface area (Å²) in [6.07, 6.45) is 1.06. The first-order valence-electron chi connectivity index (χ1n) is 9.05. The van der Waals surface area contributed by atoms with Gasteiger partial charge >= 0.3 is 0 Å². The standard InChI is InChI=1S/C20H27N5O/c1-14-15(2)22-18(20(26)24(3)4)23-19(14)25-11-10-17(13-25)21-12-16-8-6-5-7-9-16/h5-9,17,21H,10-13H2,1-4H3/t17-/m1/s1. The zero-order chi connectivity index (χ0) is 18.7. The molecule has 0 spiro atoms. The number of carbonyl (C=O) groups is 1. The number of aromatic nitrogens is 2. The SMILES string of the molecule is Cc1nc(C(=O)N(C)C)nc(N2CC[C@@H](NCc3ccccc3)C2)c1C. The van der Waals surface area contributed by atoms with Crippen molar-refractivity contribution < 1.29 is 4.79 Å². The highest BCUT2D eigenvalue weighted by molar-refractivity contribution is 5.90. The summed E-state index contributed by atoms with van der Waals surface area (Å²) in [5.41, 5.74) is 3.20. The van der Waals surface area contributed by atoms with Crippen LogP contribution in [0.25, 0.3) is 0 Å². The van der Waals surface area contributed by atoms with E-state index in [1.54, 1.807) is 14.1 Å². The van der Waals surface area contributed by atoms with Crippen LogP contribution in [0.15, 0.2) is 30.3 Å². The normalized spacial score (nSPS) is 16.8. The van der Waals surface area contributed by atoms with Gasteiger partial charge in [-0.05, 0) is 25.8 Å². The van der Waals surface area contributed by atoms with Crippen LogP contribution >= 0.6 is 0 Å². The third-order valence-corrected chi connectivity index (χ3v) is 4.89. The monoisotopic (exact) mass is 353 g/mol. The van der Waals surface area contributed by atoms with Gasteiger partial charge in [0.1, 0.15) is 5.82 Å². The molecule has 1 aliphatic heterocycles. The molecule has 2 aromatic rings. The molecule has 6 heteroatoms. The number of amides is 1. The highest BCUT2D eigenvalue weighted by atomic mass is 16.2. The zero-order valence-corrected chi connectivity index (χ0v) is 16.0. The minimum atomic E-state index is -0.160. The molecular weight excluding hydrogens is 326 g/mol. The Labute approximate surface area is 155 Å². The van der Waals surface area contributed by atoms with Gasteiger partial charge in [0.05, 0.1) is 0 Å². The van der Waals surface area contributed by atoms with Crippen molar-refractivity contribution in [2.24, 2.45) is 0 Å². The van der Waals surface area contributed by atoms with Gasteiger partial charge in [0.2, 0.25) is 5.82 Å². The molecule has 6 nitrogen and oxygen atoms in total. The summed E-state index contributed by atoms with van der Waals surface area (Å²) in [5, 5.41) is 3.63. The van der Waals surface area contributed by atoms with Gasteiger partial charge in [0.25, 0.3) is 5.91 Å². The molecule has 1 saturated heterocycles. The Bertz CT molecular complexity index is 775. The van der Waals surface area contributed by atoms with Crippen LogP contribution in [-0.4, -0.2) is 54.0 Å². The molecular formula is C20H27N5O. The lowest BCUT2D eigenvalue weighted by atomic mass is 10.2. The average molecular weight is 353 g/mol. The summed E-state index contributed by atoms with van der Waals surface area (Å²) in [6.45, 7) is 6.65. The van der Waals surface area contributed by atoms with Gasteiger partial charge in [0, 0.05) is 51.0 Å². The number of hydrogen-bond donors (Lipinski definition) is 1. The summed E-state index contributed by atoms with van der Waals surface area (Å²) in [6, 6.07) is 10.8. The van der Waals surface area contributed by atoms with Crippen molar-refractivity contribution >= 4 is 11.7 Å². The van der Waals surface area contributed by atoms with Gasteiger partial charge in [-0.1, -0.05) is 30.3 Å². The molecule has 2 heterocycles. The smallest absolute Gasteiger partial charge is 0.291 e. The summed E-state index contributed by atoms with van der Waals surface area (Å²) < 4.78 is 0. The highest BCUT2D eigenvalue weighted by Gasteiger charge is 2.26. The van der Waals surface area contributed by atoms with Crippen molar-refractivity contribution in [1.82, 2.24) is 20.2 Å². The minimum Gasteiger partial charge on any atom is -0.355 e. The molecule has 138 valence electrons. The van der Waals surface area contributed by atoms with Crippen LogP contribution < -0.4 is 10.2 Å². The van der Waals surface area contributed by atoms with E-state index in [-0.39, 0.29) is 11.7 Å². The number of rotatable bonds is 5. The van der Waals surface area contributed by atoms with E-state index in [9.17, 15) is 4.79 Å². The predicted octanol–water partition coefficient (Wildman–Crippen LogP) is 2.16. The topological polar surface area (TPSA) is 61.4 Å². The van der Waals surface area contributed by atoms with E-state index >= 15 is 0 Å². The molecule has 0 saturated carbocycles. The largest absolute Gasteiger partial charge is 0.355 e. The molecule has 3 rings (SSSR count). The van der Waals surface area contributed by atoms with Crippen molar-refractivity contribution in [2.45, 2.75) is 32.9 Å².